The van der Waals surface area contributed by atoms with Gasteiger partial charge in [0.25, 0.3) is 0 Å². The molecule has 0 spiro atoms. The molecule has 3 aromatic carbocycles. The van der Waals surface area contributed by atoms with Crippen molar-refractivity contribution in [2.24, 2.45) is 0 Å². The lowest BCUT2D eigenvalue weighted by Crippen LogP contribution is -2.41. The van der Waals surface area contributed by atoms with Crippen LogP contribution in [0.25, 0.3) is 6.08 Å². The normalized spacial score (nSPS) is 13.9. The molecule has 0 unspecified atom stereocenters. The molecule has 0 aliphatic carbocycles. The van der Waals surface area contributed by atoms with E-state index in [1.165, 1.54) is 18.2 Å². The first-order chi connectivity index (χ1) is 22.9. The Morgan fingerprint density at radius 3 is 2.00 bits per heavy atom. The number of allylic oxidation sites excluding steroid dienone is 2. The van der Waals surface area contributed by atoms with Gasteiger partial charge in [0.05, 0.1) is 19.3 Å². The largest absolute Gasteiger partial charge is 0.513 e. The molecule has 10 nitrogen and oxygen atoms in total. The van der Waals surface area contributed by atoms with Gasteiger partial charge >= 0.3 is 12.3 Å². The van der Waals surface area contributed by atoms with Crippen molar-refractivity contribution in [3.05, 3.63) is 114 Å². The molecule has 47 heavy (non-hydrogen) atoms. The molecule has 10 heteroatoms. The molecule has 0 atom stereocenters. The fourth-order valence-electron chi connectivity index (χ4n) is 5.04. The van der Waals surface area contributed by atoms with Gasteiger partial charge in [-0.05, 0) is 55.5 Å². The molecule has 1 heterocycles. The summed E-state index contributed by atoms with van der Waals surface area (Å²) in [4.78, 5) is 38.3. The van der Waals surface area contributed by atoms with E-state index in [0.717, 1.165) is 43.6 Å². The number of hydrogen-bond donors (Lipinski definition) is 1. The van der Waals surface area contributed by atoms with E-state index in [1.54, 1.807) is 38.1 Å². The highest BCUT2D eigenvalue weighted by Crippen LogP contribution is 2.31. The second-order valence-corrected chi connectivity index (χ2v) is 10.7. The van der Waals surface area contributed by atoms with Crippen molar-refractivity contribution in [3.8, 4) is 11.5 Å². The highest BCUT2D eigenvalue weighted by molar-refractivity contribution is 5.87. The Balaban J connectivity index is 1.21. The maximum absolute atomic E-state index is 12.4. The Bertz CT molecular complexity index is 1450. The van der Waals surface area contributed by atoms with E-state index in [-0.39, 0.29) is 42.8 Å². The average molecular weight is 643 g/mol. The summed E-state index contributed by atoms with van der Waals surface area (Å²) in [6, 6.07) is 25.3. The number of piperidine rings is 1. The van der Waals surface area contributed by atoms with E-state index in [2.05, 4.69) is 34.5 Å². The fourth-order valence-corrected chi connectivity index (χ4v) is 5.04. The van der Waals surface area contributed by atoms with Crippen molar-refractivity contribution in [3.63, 3.8) is 0 Å². The number of nitrogens with zero attached hydrogens (tertiary/aromatic N) is 1. The zero-order chi connectivity index (χ0) is 33.3. The number of carbonyl (C=O) groups excluding carboxylic acids is 3. The van der Waals surface area contributed by atoms with E-state index in [4.69, 9.17) is 23.7 Å². The van der Waals surface area contributed by atoms with Crippen LogP contribution in [0.2, 0.25) is 0 Å². The molecule has 1 aliphatic rings. The first-order valence-electron chi connectivity index (χ1n) is 15.9. The third kappa shape index (κ3) is 11.7. The first-order valence-corrected chi connectivity index (χ1v) is 15.9. The van der Waals surface area contributed by atoms with Crippen LogP contribution in [-0.2, 0) is 19.0 Å². The molecule has 1 amide bonds. The number of ether oxygens (including phenoxy) is 5. The maximum atomic E-state index is 12.4. The molecule has 1 aliphatic heterocycles. The number of likely N-dealkylation sites (tertiary alicyclic amines) is 1. The predicted octanol–water partition coefficient (Wildman–Crippen LogP) is 6.71. The number of hydrogen-bond acceptors (Lipinski definition) is 9. The van der Waals surface area contributed by atoms with Gasteiger partial charge in [0.1, 0.15) is 6.10 Å². The summed E-state index contributed by atoms with van der Waals surface area (Å²) in [5.74, 6) is -0.210. The smallest absolute Gasteiger partial charge is 0.434 e. The van der Waals surface area contributed by atoms with Crippen molar-refractivity contribution in [1.82, 2.24) is 10.2 Å². The SMILES string of the molecule is CCOC(=O)Oc1ccc(/C=C/C=C/C(=O)NCCN2CCC(OC(c3ccccc3)c3ccccc3)CC2)cc1OC(=O)OCC. The number of amides is 1. The quantitative estimate of drug-likeness (QED) is 0.0887. The molecule has 4 rings (SSSR count). The average Bonchev–Trinajstić information content (AvgIpc) is 3.08. The third-order valence-corrected chi connectivity index (χ3v) is 7.32. The Morgan fingerprint density at radius 2 is 1.40 bits per heavy atom. The fraction of sp³-hybridized carbons (Fsp3) is 0.324. The van der Waals surface area contributed by atoms with Crippen LogP contribution in [0.1, 0.15) is 49.5 Å². The minimum atomic E-state index is -0.934. The van der Waals surface area contributed by atoms with Crippen LogP contribution in [0.15, 0.2) is 97.1 Å². The maximum Gasteiger partial charge on any atom is 0.513 e. The summed E-state index contributed by atoms with van der Waals surface area (Å²) in [5, 5.41) is 2.93. The van der Waals surface area contributed by atoms with Crippen molar-refractivity contribution in [2.75, 3.05) is 39.4 Å². The van der Waals surface area contributed by atoms with Gasteiger partial charge in [0.15, 0.2) is 11.5 Å². The lowest BCUT2D eigenvalue weighted by Gasteiger charge is -2.34. The minimum absolute atomic E-state index is 0.00360. The first kappa shape index (κ1) is 34.9. The Hall–Kier alpha value is -4.93. The van der Waals surface area contributed by atoms with E-state index in [9.17, 15) is 14.4 Å². The molecule has 0 saturated carbocycles. The third-order valence-electron chi connectivity index (χ3n) is 7.32. The molecule has 3 aromatic rings. The lowest BCUT2D eigenvalue weighted by molar-refractivity contribution is -0.116. The van der Waals surface area contributed by atoms with Crippen molar-refractivity contribution < 1.29 is 38.1 Å². The van der Waals surface area contributed by atoms with Gasteiger partial charge in [0, 0.05) is 32.3 Å². The topological polar surface area (TPSA) is 113 Å². The number of benzene rings is 3. The Kier molecular flexibility index (Phi) is 14.0. The molecule has 1 saturated heterocycles. The Morgan fingerprint density at radius 1 is 0.809 bits per heavy atom. The van der Waals surface area contributed by atoms with Crippen LogP contribution >= 0.6 is 0 Å². The molecule has 0 bridgehead atoms. The molecule has 1 N–H and O–H groups in total. The lowest BCUT2D eigenvalue weighted by atomic mass is 10.00. The summed E-state index contributed by atoms with van der Waals surface area (Å²) >= 11 is 0. The second-order valence-electron chi connectivity index (χ2n) is 10.7. The monoisotopic (exact) mass is 642 g/mol. The van der Waals surface area contributed by atoms with E-state index >= 15 is 0 Å². The van der Waals surface area contributed by atoms with Crippen LogP contribution in [0.5, 0.6) is 11.5 Å². The predicted molar refractivity (Wildman–Crippen MR) is 178 cm³/mol. The highest BCUT2D eigenvalue weighted by Gasteiger charge is 2.24. The molecular formula is C37H42N2O8. The molecular weight excluding hydrogens is 600 g/mol. The van der Waals surface area contributed by atoms with Gasteiger partial charge in [-0.2, -0.15) is 0 Å². The summed E-state index contributed by atoms with van der Waals surface area (Å²) in [5.41, 5.74) is 2.94. The Labute approximate surface area is 275 Å². The van der Waals surface area contributed by atoms with Crippen LogP contribution in [0, 0.1) is 0 Å². The molecule has 248 valence electrons. The van der Waals surface area contributed by atoms with Crippen LogP contribution in [0.4, 0.5) is 9.59 Å². The highest BCUT2D eigenvalue weighted by atomic mass is 16.7. The van der Waals surface area contributed by atoms with Crippen LogP contribution < -0.4 is 14.8 Å². The van der Waals surface area contributed by atoms with Gasteiger partial charge in [-0.1, -0.05) is 85.0 Å². The molecule has 1 fully saturated rings. The summed E-state index contributed by atoms with van der Waals surface area (Å²) < 4.78 is 26.6. The van der Waals surface area contributed by atoms with Crippen LogP contribution in [0.3, 0.4) is 0 Å². The zero-order valence-corrected chi connectivity index (χ0v) is 26.8. The van der Waals surface area contributed by atoms with Crippen molar-refractivity contribution in [2.45, 2.75) is 38.9 Å². The van der Waals surface area contributed by atoms with Gasteiger partial charge < -0.3 is 33.9 Å². The van der Waals surface area contributed by atoms with Crippen molar-refractivity contribution in [1.29, 1.82) is 0 Å². The molecule has 0 aromatic heterocycles. The number of nitrogens with one attached hydrogen (secondary N) is 1. The van der Waals surface area contributed by atoms with Crippen LogP contribution in [-0.4, -0.2) is 68.6 Å². The standard InChI is InChI=1S/C37H42N2O8/c1-3-43-36(41)46-32-20-19-28(27-33(32)47-37(42)44-4-2)13-11-12-18-34(40)38-23-26-39-24-21-31(22-25-39)45-35(29-14-7-5-8-15-29)30-16-9-6-10-17-30/h5-20,27,31,35H,3-4,21-26H2,1-2H3,(H,38,40)/b13-11+,18-12+. The number of carbonyl (C=O) groups is 3. The van der Waals surface area contributed by atoms with Gasteiger partial charge in [0.2, 0.25) is 5.91 Å². The summed E-state index contributed by atoms with van der Waals surface area (Å²) in [6.07, 6.45) is 6.51. The van der Waals surface area contributed by atoms with Gasteiger partial charge in [-0.3, -0.25) is 4.79 Å². The van der Waals surface area contributed by atoms with E-state index < -0.39 is 12.3 Å². The zero-order valence-electron chi connectivity index (χ0n) is 26.8. The minimum Gasteiger partial charge on any atom is -0.434 e. The summed E-state index contributed by atoms with van der Waals surface area (Å²) in [7, 11) is 0. The van der Waals surface area contributed by atoms with E-state index in [0.29, 0.717) is 12.1 Å². The van der Waals surface area contributed by atoms with Crippen molar-refractivity contribution >= 4 is 24.3 Å². The van der Waals surface area contributed by atoms with E-state index in [1.807, 2.05) is 36.4 Å². The van der Waals surface area contributed by atoms with Gasteiger partial charge in [-0.15, -0.1) is 0 Å². The number of rotatable bonds is 14. The second kappa shape index (κ2) is 18.9. The molecule has 0 radical (unpaired) electrons. The summed E-state index contributed by atoms with van der Waals surface area (Å²) in [6.45, 7) is 6.64. The van der Waals surface area contributed by atoms with Gasteiger partial charge in [-0.25, -0.2) is 9.59 Å².